The van der Waals surface area contributed by atoms with Crippen LogP contribution in [-0.4, -0.2) is 0 Å². The van der Waals surface area contributed by atoms with E-state index in [9.17, 15) is 0 Å². The van der Waals surface area contributed by atoms with Gasteiger partial charge in [0.05, 0.1) is 22.8 Å². The Morgan fingerprint density at radius 2 is 0.887 bits per heavy atom. The number of fused-ring (bicyclic) bond motifs is 9. The van der Waals surface area contributed by atoms with Crippen LogP contribution in [0.5, 0.6) is 0 Å². The number of benzene rings is 9. The molecular weight excluding hydrogens is 751 g/mol. The zero-order valence-electron chi connectivity index (χ0n) is 34.1. The first kappa shape index (κ1) is 36.2. The summed E-state index contributed by atoms with van der Waals surface area (Å²) in [6.45, 7) is 0. The fourth-order valence-corrected chi connectivity index (χ4v) is 10.4. The van der Waals surface area contributed by atoms with E-state index in [1.807, 2.05) is 0 Å². The van der Waals surface area contributed by atoms with Crippen LogP contribution < -0.4 is 15.5 Å². The zero-order chi connectivity index (χ0) is 41.0. The molecule has 9 aromatic rings. The number of hydrogen-bond donors (Lipinski definition) is 2. The second kappa shape index (κ2) is 14.8. The van der Waals surface area contributed by atoms with Crippen molar-refractivity contribution in [1.82, 2.24) is 10.6 Å². The number of hydrogen-bond acceptors (Lipinski definition) is 3. The molecule has 0 amide bonds. The third kappa shape index (κ3) is 5.78. The molecule has 2 heterocycles. The molecule has 3 aliphatic rings. The standard InChI is InChI=1S/C59H43N3/c1-4-17-42(18-5-1)54-39-55(43-19-6-2-7-20-43)61-58(60-54)46-22-16-21-44(37-46)40-31-33-41(34-32-40)45-35-36-49-48-25-10-11-26-50(48)59(53(49)38-45)51-27-12-14-29-56(51)62(47-23-8-3-9-24-47)57-30-15-13-28-52(57)59/h1-39,54,58,60-61H. The average molecular weight is 794 g/mol. The molecule has 3 heteroatoms. The first-order chi connectivity index (χ1) is 30.7. The molecule has 1 spiro atoms. The Kier molecular flexibility index (Phi) is 8.62. The minimum absolute atomic E-state index is 0.0678. The molecule has 0 radical (unpaired) electrons. The molecule has 12 rings (SSSR count). The number of nitrogens with one attached hydrogen (secondary N) is 2. The van der Waals surface area contributed by atoms with Gasteiger partial charge >= 0.3 is 0 Å². The summed E-state index contributed by atoms with van der Waals surface area (Å²) in [5.74, 6) is 0. The van der Waals surface area contributed by atoms with Crippen LogP contribution in [0.2, 0.25) is 0 Å². The molecule has 9 aromatic carbocycles. The number of nitrogens with zero attached hydrogens (tertiary/aromatic N) is 1. The van der Waals surface area contributed by atoms with Crippen molar-refractivity contribution in [2.45, 2.75) is 17.6 Å². The van der Waals surface area contributed by atoms with Gasteiger partial charge in [-0.1, -0.05) is 194 Å². The Morgan fingerprint density at radius 3 is 1.58 bits per heavy atom. The van der Waals surface area contributed by atoms with E-state index in [0.29, 0.717) is 0 Å². The van der Waals surface area contributed by atoms with E-state index in [0.717, 1.165) is 11.4 Å². The zero-order valence-corrected chi connectivity index (χ0v) is 34.1. The van der Waals surface area contributed by atoms with Crippen molar-refractivity contribution in [2.75, 3.05) is 4.90 Å². The van der Waals surface area contributed by atoms with Gasteiger partial charge in [-0.15, -0.1) is 0 Å². The maximum Gasteiger partial charge on any atom is 0.104 e. The lowest BCUT2D eigenvalue weighted by molar-refractivity contribution is 0.443. The highest BCUT2D eigenvalue weighted by Gasteiger charge is 2.51. The van der Waals surface area contributed by atoms with E-state index in [2.05, 4.69) is 252 Å². The second-order valence-electron chi connectivity index (χ2n) is 16.5. The van der Waals surface area contributed by atoms with Crippen LogP contribution in [-0.2, 0) is 5.41 Å². The first-order valence-electron chi connectivity index (χ1n) is 21.6. The Hall–Kier alpha value is -7.72. The van der Waals surface area contributed by atoms with Gasteiger partial charge in [-0.05, 0) is 115 Å². The normalized spacial score (nSPS) is 16.6. The van der Waals surface area contributed by atoms with E-state index in [4.69, 9.17) is 0 Å². The molecule has 1 aliphatic carbocycles. The van der Waals surface area contributed by atoms with E-state index in [-0.39, 0.29) is 12.2 Å². The van der Waals surface area contributed by atoms with Crippen LogP contribution in [0.1, 0.15) is 51.2 Å². The Morgan fingerprint density at radius 1 is 0.371 bits per heavy atom. The van der Waals surface area contributed by atoms with Gasteiger partial charge in [0.15, 0.2) is 0 Å². The van der Waals surface area contributed by atoms with Crippen LogP contribution >= 0.6 is 0 Å². The summed E-state index contributed by atoms with van der Waals surface area (Å²) in [5, 5.41) is 7.70. The lowest BCUT2D eigenvalue weighted by Crippen LogP contribution is -2.39. The molecule has 0 fully saturated rings. The fraction of sp³-hybridized carbons (Fsp3) is 0.0508. The lowest BCUT2D eigenvalue weighted by Gasteiger charge is -2.45. The van der Waals surface area contributed by atoms with Gasteiger partial charge in [0, 0.05) is 11.4 Å². The predicted octanol–water partition coefficient (Wildman–Crippen LogP) is 14.1. The minimum Gasteiger partial charge on any atom is -0.366 e. The van der Waals surface area contributed by atoms with Crippen molar-refractivity contribution in [2.24, 2.45) is 0 Å². The largest absolute Gasteiger partial charge is 0.366 e. The van der Waals surface area contributed by atoms with Crippen molar-refractivity contribution < 1.29 is 0 Å². The van der Waals surface area contributed by atoms with Crippen molar-refractivity contribution in [3.05, 3.63) is 276 Å². The molecule has 0 saturated carbocycles. The molecule has 294 valence electrons. The highest BCUT2D eigenvalue weighted by molar-refractivity contribution is 5.96. The summed E-state index contributed by atoms with van der Waals surface area (Å²) in [7, 11) is 0. The Balaban J connectivity index is 0.920. The van der Waals surface area contributed by atoms with Gasteiger partial charge < -0.3 is 10.2 Å². The second-order valence-corrected chi connectivity index (χ2v) is 16.5. The molecule has 0 saturated heterocycles. The summed E-state index contributed by atoms with van der Waals surface area (Å²) in [6, 6.07) is 84.4. The van der Waals surface area contributed by atoms with Crippen molar-refractivity contribution in [3.8, 4) is 33.4 Å². The quantitative estimate of drug-likeness (QED) is 0.176. The molecule has 2 atom stereocenters. The fourth-order valence-electron chi connectivity index (χ4n) is 10.4. The molecule has 62 heavy (non-hydrogen) atoms. The molecule has 0 aromatic heterocycles. The summed E-state index contributed by atoms with van der Waals surface area (Å²) < 4.78 is 0. The predicted molar refractivity (Wildman–Crippen MR) is 255 cm³/mol. The number of anilines is 3. The van der Waals surface area contributed by atoms with E-state index >= 15 is 0 Å². The van der Waals surface area contributed by atoms with Crippen LogP contribution in [0.4, 0.5) is 17.1 Å². The molecule has 2 N–H and O–H groups in total. The third-order valence-corrected chi connectivity index (χ3v) is 13.2. The third-order valence-electron chi connectivity index (χ3n) is 13.2. The maximum atomic E-state index is 3.88. The van der Waals surface area contributed by atoms with Gasteiger partial charge in [-0.2, -0.15) is 0 Å². The van der Waals surface area contributed by atoms with Gasteiger partial charge in [0.2, 0.25) is 0 Å². The Bertz CT molecular complexity index is 3090. The van der Waals surface area contributed by atoms with Crippen LogP contribution in [0.3, 0.4) is 0 Å². The highest BCUT2D eigenvalue weighted by atomic mass is 15.2. The van der Waals surface area contributed by atoms with Crippen molar-refractivity contribution in [1.29, 1.82) is 0 Å². The average Bonchev–Trinajstić information content (AvgIpc) is 3.65. The Labute approximate surface area is 363 Å². The van der Waals surface area contributed by atoms with Crippen molar-refractivity contribution >= 4 is 22.8 Å². The first-order valence-corrected chi connectivity index (χ1v) is 21.6. The van der Waals surface area contributed by atoms with Crippen LogP contribution in [0.25, 0.3) is 39.1 Å². The van der Waals surface area contributed by atoms with Gasteiger partial charge in [-0.25, -0.2) is 0 Å². The van der Waals surface area contributed by atoms with E-state index in [1.165, 1.54) is 83.7 Å². The van der Waals surface area contributed by atoms with Crippen LogP contribution in [0, 0.1) is 0 Å². The van der Waals surface area contributed by atoms with Gasteiger partial charge in [0.25, 0.3) is 0 Å². The van der Waals surface area contributed by atoms with Crippen molar-refractivity contribution in [3.63, 3.8) is 0 Å². The smallest absolute Gasteiger partial charge is 0.104 e. The van der Waals surface area contributed by atoms with Gasteiger partial charge in [0.1, 0.15) is 6.17 Å². The topological polar surface area (TPSA) is 27.3 Å². The molecule has 2 aliphatic heterocycles. The monoisotopic (exact) mass is 793 g/mol. The highest BCUT2D eigenvalue weighted by Crippen LogP contribution is 2.63. The van der Waals surface area contributed by atoms with E-state index in [1.54, 1.807) is 0 Å². The minimum atomic E-state index is -0.489. The lowest BCUT2D eigenvalue weighted by atomic mass is 9.64. The van der Waals surface area contributed by atoms with Gasteiger partial charge in [-0.3, -0.25) is 5.32 Å². The molecular formula is C59H43N3. The summed E-state index contributed by atoms with van der Waals surface area (Å²) in [6.07, 6.45) is 2.23. The van der Waals surface area contributed by atoms with Crippen LogP contribution in [0.15, 0.2) is 237 Å². The van der Waals surface area contributed by atoms with E-state index < -0.39 is 5.41 Å². The summed E-state index contributed by atoms with van der Waals surface area (Å²) in [5.41, 5.74) is 20.4. The molecule has 2 unspecified atom stereocenters. The number of rotatable bonds is 6. The molecule has 0 bridgehead atoms. The maximum absolute atomic E-state index is 3.88. The SMILES string of the molecule is C1=C(c2ccccc2)NC(c2cccc(-c3ccc(-c4ccc5c(c4)C4(c6ccccc6-5)c5ccccc5N(c5ccccc5)c5ccccc54)cc3)c2)NC1c1ccccc1. The summed E-state index contributed by atoms with van der Waals surface area (Å²) >= 11 is 0. The number of para-hydroxylation sites is 3. The molecule has 3 nitrogen and oxygen atoms in total. The summed E-state index contributed by atoms with van der Waals surface area (Å²) in [4.78, 5) is 2.44.